The van der Waals surface area contributed by atoms with Crippen molar-refractivity contribution < 1.29 is 4.79 Å². The van der Waals surface area contributed by atoms with Gasteiger partial charge in [-0.05, 0) is 50.2 Å². The number of hydrogen-bond acceptors (Lipinski definition) is 3. The van der Waals surface area contributed by atoms with Crippen LogP contribution in [0.1, 0.15) is 19.8 Å². The number of amides is 2. The first kappa shape index (κ1) is 16.0. The lowest BCUT2D eigenvalue weighted by atomic mass is 10.2. The molecule has 122 valence electrons. The number of hydrogen-bond donors (Lipinski definition) is 2. The molecular formula is C17H21ClN4O. The third kappa shape index (κ3) is 3.57. The summed E-state index contributed by atoms with van der Waals surface area (Å²) in [4.78, 5) is 18.9. The van der Waals surface area contributed by atoms with Crippen molar-refractivity contribution in [3.8, 4) is 0 Å². The van der Waals surface area contributed by atoms with Crippen molar-refractivity contribution in [1.82, 2.24) is 15.2 Å². The van der Waals surface area contributed by atoms with E-state index in [0.717, 1.165) is 24.9 Å². The minimum atomic E-state index is -0.194. The van der Waals surface area contributed by atoms with Gasteiger partial charge in [0.2, 0.25) is 0 Å². The Morgan fingerprint density at radius 3 is 3.13 bits per heavy atom. The molecule has 2 aromatic rings. The van der Waals surface area contributed by atoms with Gasteiger partial charge in [-0.2, -0.15) is 0 Å². The van der Waals surface area contributed by atoms with Crippen molar-refractivity contribution in [2.45, 2.75) is 25.8 Å². The number of carbonyl (C=O) groups excluding carboxylic acids is 1. The Morgan fingerprint density at radius 1 is 1.43 bits per heavy atom. The Morgan fingerprint density at radius 2 is 2.30 bits per heavy atom. The van der Waals surface area contributed by atoms with Crippen LogP contribution in [0.5, 0.6) is 0 Å². The van der Waals surface area contributed by atoms with Crippen LogP contribution in [0, 0.1) is 0 Å². The molecule has 6 heteroatoms. The Kier molecular flexibility index (Phi) is 4.98. The zero-order valence-corrected chi connectivity index (χ0v) is 13.9. The predicted octanol–water partition coefficient (Wildman–Crippen LogP) is 3.49. The van der Waals surface area contributed by atoms with Crippen LogP contribution in [-0.2, 0) is 0 Å². The molecule has 2 N–H and O–H groups in total. The summed E-state index contributed by atoms with van der Waals surface area (Å²) in [5.41, 5.74) is 1.41. The maximum absolute atomic E-state index is 12.2. The summed E-state index contributed by atoms with van der Waals surface area (Å²) in [5.74, 6) is 0. The monoisotopic (exact) mass is 332 g/mol. The third-order valence-electron chi connectivity index (χ3n) is 4.37. The normalized spacial score (nSPS) is 18.3. The van der Waals surface area contributed by atoms with E-state index in [0.29, 0.717) is 28.8 Å². The van der Waals surface area contributed by atoms with Crippen molar-refractivity contribution in [3.63, 3.8) is 0 Å². The second-order valence-corrected chi connectivity index (χ2v) is 6.16. The Bertz CT molecular complexity index is 706. The number of likely N-dealkylation sites (N-methyl/N-ethyl adjacent to an activating group) is 1. The summed E-state index contributed by atoms with van der Waals surface area (Å²) in [7, 11) is 0. The van der Waals surface area contributed by atoms with Gasteiger partial charge >= 0.3 is 6.03 Å². The van der Waals surface area contributed by atoms with Crippen LogP contribution in [0.15, 0.2) is 30.5 Å². The number of likely N-dealkylation sites (tertiary alicyclic amines) is 1. The van der Waals surface area contributed by atoms with Gasteiger partial charge < -0.3 is 10.6 Å². The van der Waals surface area contributed by atoms with Gasteiger partial charge in [0.05, 0.1) is 16.2 Å². The predicted molar refractivity (Wildman–Crippen MR) is 94.0 cm³/mol. The zero-order chi connectivity index (χ0) is 16.2. The molecule has 1 fully saturated rings. The van der Waals surface area contributed by atoms with Gasteiger partial charge in [0.25, 0.3) is 0 Å². The average molecular weight is 333 g/mol. The molecule has 0 saturated carbocycles. The van der Waals surface area contributed by atoms with Crippen LogP contribution in [0.3, 0.4) is 0 Å². The number of nitrogens with one attached hydrogen (secondary N) is 2. The number of fused-ring (bicyclic) bond motifs is 1. The standard InChI is InChI=1S/C17H21ClN4O/c1-2-22-10-4-5-12(22)11-20-17(23)21-15-8-7-14(18)16-13(15)6-3-9-19-16/h3,6-9,12H,2,4-5,10-11H2,1H3,(H2,20,21,23)/t12-/m1/s1. The topological polar surface area (TPSA) is 57.3 Å². The summed E-state index contributed by atoms with van der Waals surface area (Å²) in [6.45, 7) is 4.98. The van der Waals surface area contributed by atoms with Crippen LogP contribution in [0.25, 0.3) is 10.9 Å². The first-order valence-electron chi connectivity index (χ1n) is 8.01. The molecular weight excluding hydrogens is 312 g/mol. The molecule has 0 unspecified atom stereocenters. The lowest BCUT2D eigenvalue weighted by Gasteiger charge is -2.23. The van der Waals surface area contributed by atoms with Crippen LogP contribution in [0.4, 0.5) is 10.5 Å². The molecule has 23 heavy (non-hydrogen) atoms. The van der Waals surface area contributed by atoms with Gasteiger partial charge in [0.1, 0.15) is 0 Å². The van der Waals surface area contributed by atoms with Gasteiger partial charge in [-0.15, -0.1) is 0 Å². The smallest absolute Gasteiger partial charge is 0.319 e. The van der Waals surface area contributed by atoms with E-state index < -0.39 is 0 Å². The highest BCUT2D eigenvalue weighted by Crippen LogP contribution is 2.27. The van der Waals surface area contributed by atoms with Crippen LogP contribution < -0.4 is 10.6 Å². The van der Waals surface area contributed by atoms with Gasteiger partial charge in [0.15, 0.2) is 0 Å². The molecule has 0 aliphatic carbocycles. The number of halogens is 1. The van der Waals surface area contributed by atoms with E-state index in [4.69, 9.17) is 11.6 Å². The van der Waals surface area contributed by atoms with Gasteiger partial charge in [-0.1, -0.05) is 18.5 Å². The molecule has 2 amide bonds. The fraction of sp³-hybridized carbons (Fsp3) is 0.412. The molecule has 1 saturated heterocycles. The number of carbonyl (C=O) groups is 1. The highest BCUT2D eigenvalue weighted by Gasteiger charge is 2.23. The van der Waals surface area contributed by atoms with Gasteiger partial charge in [-0.3, -0.25) is 9.88 Å². The number of pyridine rings is 1. The summed E-state index contributed by atoms with van der Waals surface area (Å²) >= 11 is 6.15. The first-order chi connectivity index (χ1) is 11.2. The number of rotatable bonds is 4. The van der Waals surface area contributed by atoms with Crippen molar-refractivity contribution in [2.24, 2.45) is 0 Å². The second kappa shape index (κ2) is 7.15. The lowest BCUT2D eigenvalue weighted by molar-refractivity contribution is 0.238. The molecule has 2 heterocycles. The molecule has 0 radical (unpaired) electrons. The maximum atomic E-state index is 12.2. The quantitative estimate of drug-likeness (QED) is 0.901. The van der Waals surface area contributed by atoms with E-state index >= 15 is 0 Å². The highest BCUT2D eigenvalue weighted by molar-refractivity contribution is 6.35. The van der Waals surface area contributed by atoms with Gasteiger partial charge in [-0.25, -0.2) is 4.79 Å². The Labute approximate surface area is 141 Å². The van der Waals surface area contributed by atoms with E-state index in [1.807, 2.05) is 12.1 Å². The average Bonchev–Trinajstić information content (AvgIpc) is 3.03. The Balaban J connectivity index is 1.65. The molecule has 5 nitrogen and oxygen atoms in total. The number of anilines is 1. The number of benzene rings is 1. The summed E-state index contributed by atoms with van der Waals surface area (Å²) in [6.07, 6.45) is 4.04. The maximum Gasteiger partial charge on any atom is 0.319 e. The molecule has 1 aromatic carbocycles. The number of nitrogens with zero attached hydrogens (tertiary/aromatic N) is 2. The molecule has 1 aliphatic heterocycles. The molecule has 1 atom stereocenters. The second-order valence-electron chi connectivity index (χ2n) is 5.75. The van der Waals surface area contributed by atoms with Gasteiger partial charge in [0, 0.05) is 24.2 Å². The number of aromatic nitrogens is 1. The molecule has 0 spiro atoms. The number of urea groups is 1. The summed E-state index contributed by atoms with van der Waals surface area (Å²) in [6, 6.07) is 7.54. The van der Waals surface area contributed by atoms with Crippen molar-refractivity contribution in [1.29, 1.82) is 0 Å². The molecule has 0 bridgehead atoms. The zero-order valence-electron chi connectivity index (χ0n) is 13.2. The van der Waals surface area contributed by atoms with E-state index in [1.54, 1.807) is 18.3 Å². The summed E-state index contributed by atoms with van der Waals surface area (Å²) in [5, 5.41) is 7.29. The highest BCUT2D eigenvalue weighted by atomic mass is 35.5. The van der Waals surface area contributed by atoms with E-state index in [2.05, 4.69) is 27.4 Å². The van der Waals surface area contributed by atoms with E-state index in [-0.39, 0.29) is 6.03 Å². The first-order valence-corrected chi connectivity index (χ1v) is 8.39. The fourth-order valence-electron chi connectivity index (χ4n) is 3.17. The third-order valence-corrected chi connectivity index (χ3v) is 4.68. The SMILES string of the molecule is CCN1CCC[C@@H]1CNC(=O)Nc1ccc(Cl)c2ncccc12. The summed E-state index contributed by atoms with van der Waals surface area (Å²) < 4.78 is 0. The minimum Gasteiger partial charge on any atom is -0.336 e. The lowest BCUT2D eigenvalue weighted by Crippen LogP contribution is -2.41. The minimum absolute atomic E-state index is 0.194. The molecule has 1 aromatic heterocycles. The van der Waals surface area contributed by atoms with Crippen molar-refractivity contribution >= 4 is 34.2 Å². The van der Waals surface area contributed by atoms with E-state index in [9.17, 15) is 4.79 Å². The van der Waals surface area contributed by atoms with Crippen LogP contribution >= 0.6 is 11.6 Å². The largest absolute Gasteiger partial charge is 0.336 e. The van der Waals surface area contributed by atoms with E-state index in [1.165, 1.54) is 6.42 Å². The van der Waals surface area contributed by atoms with Crippen molar-refractivity contribution in [2.75, 3.05) is 25.0 Å². The fourth-order valence-corrected chi connectivity index (χ4v) is 3.38. The van der Waals surface area contributed by atoms with Crippen LogP contribution in [-0.4, -0.2) is 41.6 Å². The molecule has 3 rings (SSSR count). The Hall–Kier alpha value is -1.85. The molecule has 1 aliphatic rings. The van der Waals surface area contributed by atoms with Crippen LogP contribution in [0.2, 0.25) is 5.02 Å². The van der Waals surface area contributed by atoms with Crippen molar-refractivity contribution in [3.05, 3.63) is 35.5 Å².